The van der Waals surface area contributed by atoms with Crippen LogP contribution in [-0.2, 0) is 19.2 Å². The molecular weight excluding hydrogens is 460 g/mol. The summed E-state index contributed by atoms with van der Waals surface area (Å²) in [5, 5.41) is 35.1. The third-order valence-electron chi connectivity index (χ3n) is 3.36. The van der Waals surface area contributed by atoms with Gasteiger partial charge in [-0.2, -0.15) is 0 Å². The summed E-state index contributed by atoms with van der Waals surface area (Å²) in [5.74, 6) is -1.61. The van der Waals surface area contributed by atoms with Crippen LogP contribution in [0.25, 0.3) is 0 Å². The molecule has 0 radical (unpaired) electrons. The Labute approximate surface area is 187 Å². The first-order chi connectivity index (χ1) is 13.7. The van der Waals surface area contributed by atoms with Crippen LogP contribution in [0.3, 0.4) is 0 Å². The van der Waals surface area contributed by atoms with Gasteiger partial charge in [0.05, 0.1) is 34.8 Å². The summed E-state index contributed by atoms with van der Waals surface area (Å²) in [6, 6.07) is 0. The van der Waals surface area contributed by atoms with E-state index in [4.69, 9.17) is 20.4 Å². The molecule has 0 bridgehead atoms. The van der Waals surface area contributed by atoms with Gasteiger partial charge in [-0.1, -0.05) is 0 Å². The predicted octanol–water partition coefficient (Wildman–Crippen LogP) is 3.64. The van der Waals surface area contributed by atoms with Crippen LogP contribution < -0.4 is 0 Å². The highest BCUT2D eigenvalue weighted by Gasteiger charge is 2.16. The molecule has 0 amide bonds. The summed E-state index contributed by atoms with van der Waals surface area (Å²) in [6.07, 6.45) is 2.60. The van der Waals surface area contributed by atoms with Gasteiger partial charge in [-0.05, 0) is 19.3 Å². The first-order valence-electron chi connectivity index (χ1n) is 9.04. The Hall–Kier alpha value is -0.720. The van der Waals surface area contributed by atoms with E-state index in [0.29, 0.717) is 23.0 Å². The summed E-state index contributed by atoms with van der Waals surface area (Å²) in [5.41, 5.74) is 0. The summed E-state index contributed by atoms with van der Waals surface area (Å²) in [7, 11) is 0. The number of carboxylic acid groups (broad SMARTS) is 4. The first-order valence-corrected chi connectivity index (χ1v) is 13.2. The van der Waals surface area contributed by atoms with Crippen molar-refractivity contribution in [3.8, 4) is 0 Å². The van der Waals surface area contributed by atoms with Crippen LogP contribution in [0.5, 0.6) is 0 Å². The lowest BCUT2D eigenvalue weighted by Crippen LogP contribution is -2.08. The number of rotatable bonds is 20. The zero-order valence-electron chi connectivity index (χ0n) is 16.0. The summed E-state index contributed by atoms with van der Waals surface area (Å²) in [4.78, 5) is 42.8. The van der Waals surface area contributed by atoms with Crippen molar-refractivity contribution >= 4 is 70.9 Å². The molecule has 8 nitrogen and oxygen atoms in total. The topological polar surface area (TPSA) is 149 Å². The average molecular weight is 489 g/mol. The van der Waals surface area contributed by atoms with E-state index in [0.717, 1.165) is 19.3 Å². The van der Waals surface area contributed by atoms with Gasteiger partial charge >= 0.3 is 23.9 Å². The quantitative estimate of drug-likeness (QED) is 0.185. The molecule has 0 aromatic carbocycles. The molecule has 0 atom stereocenters. The van der Waals surface area contributed by atoms with Crippen molar-refractivity contribution < 1.29 is 39.6 Å². The minimum Gasteiger partial charge on any atom is -0.481 e. The van der Waals surface area contributed by atoms with Gasteiger partial charge in [0.15, 0.2) is 0 Å². The third-order valence-corrected chi connectivity index (χ3v) is 9.18. The van der Waals surface area contributed by atoms with Crippen molar-refractivity contribution in [1.82, 2.24) is 0 Å². The maximum absolute atomic E-state index is 10.7. The lowest BCUT2D eigenvalue weighted by Gasteiger charge is -2.19. The number of hydrogen-bond acceptors (Lipinski definition) is 8. The second-order valence-corrected chi connectivity index (χ2v) is 11.7. The monoisotopic (exact) mass is 488 g/mol. The lowest BCUT2D eigenvalue weighted by molar-refractivity contribution is -0.137. The molecule has 29 heavy (non-hydrogen) atoms. The van der Waals surface area contributed by atoms with Crippen molar-refractivity contribution in [1.29, 1.82) is 0 Å². The highest BCUT2D eigenvalue weighted by molar-refractivity contribution is 8.17. The standard InChI is InChI=1S/C17H28O8S4/c18-12(19)4-8-26-16(27-9-5-13(20)21)2-1-3-17(28-10-6-14(22)23)29-11-7-15(24)25/h16-17H,1-11H2,(H,18,19)(H,20,21)(H,22,23)(H,24,25). The zero-order valence-corrected chi connectivity index (χ0v) is 19.3. The number of carboxylic acids is 4. The van der Waals surface area contributed by atoms with Crippen LogP contribution in [0.15, 0.2) is 0 Å². The van der Waals surface area contributed by atoms with Crippen molar-refractivity contribution in [3.05, 3.63) is 0 Å². The normalized spacial score (nSPS) is 11.1. The SMILES string of the molecule is O=C(O)CCSC(CCCC(SCCC(=O)O)SCCC(=O)O)SCCC(=O)O. The van der Waals surface area contributed by atoms with Crippen LogP contribution in [0, 0.1) is 0 Å². The van der Waals surface area contributed by atoms with E-state index in [1.54, 1.807) is 0 Å². The minimum atomic E-state index is -0.864. The number of hydrogen-bond donors (Lipinski definition) is 4. The molecule has 0 aliphatic carbocycles. The maximum atomic E-state index is 10.7. The molecule has 0 saturated heterocycles. The van der Waals surface area contributed by atoms with E-state index >= 15 is 0 Å². The molecule has 0 aliphatic rings. The first kappa shape index (κ1) is 28.3. The minimum absolute atomic E-state index is 0.0549. The Morgan fingerprint density at radius 2 is 0.759 bits per heavy atom. The smallest absolute Gasteiger partial charge is 0.304 e. The fraction of sp³-hybridized carbons (Fsp3) is 0.765. The fourth-order valence-electron chi connectivity index (χ4n) is 1.99. The number of thioether (sulfide) groups is 4. The van der Waals surface area contributed by atoms with Gasteiger partial charge in [-0.15, -0.1) is 47.0 Å². The average Bonchev–Trinajstić information content (AvgIpc) is 2.59. The van der Waals surface area contributed by atoms with E-state index in [9.17, 15) is 19.2 Å². The molecule has 0 heterocycles. The van der Waals surface area contributed by atoms with Gasteiger partial charge in [-0.25, -0.2) is 0 Å². The lowest BCUT2D eigenvalue weighted by atomic mass is 10.3. The van der Waals surface area contributed by atoms with Crippen LogP contribution in [-0.4, -0.2) is 76.5 Å². The highest BCUT2D eigenvalue weighted by Crippen LogP contribution is 2.34. The van der Waals surface area contributed by atoms with E-state index in [1.165, 1.54) is 47.0 Å². The van der Waals surface area contributed by atoms with Crippen molar-refractivity contribution in [2.75, 3.05) is 23.0 Å². The van der Waals surface area contributed by atoms with Crippen molar-refractivity contribution in [2.45, 2.75) is 54.1 Å². The molecule has 4 N–H and O–H groups in total. The van der Waals surface area contributed by atoms with E-state index < -0.39 is 23.9 Å². The molecule has 0 aromatic heterocycles. The third kappa shape index (κ3) is 20.3. The van der Waals surface area contributed by atoms with Crippen LogP contribution in [0.1, 0.15) is 44.9 Å². The molecule has 168 valence electrons. The van der Waals surface area contributed by atoms with Gasteiger partial charge in [0.2, 0.25) is 0 Å². The number of carbonyl (C=O) groups is 4. The molecule has 0 aliphatic heterocycles. The van der Waals surface area contributed by atoms with E-state index in [-0.39, 0.29) is 34.8 Å². The van der Waals surface area contributed by atoms with Gasteiger partial charge in [0.1, 0.15) is 0 Å². The Morgan fingerprint density at radius 3 is 0.966 bits per heavy atom. The summed E-state index contributed by atoms with van der Waals surface area (Å²) < 4.78 is 0.199. The van der Waals surface area contributed by atoms with E-state index in [1.807, 2.05) is 0 Å². The predicted molar refractivity (Wildman–Crippen MR) is 120 cm³/mol. The molecule has 0 fully saturated rings. The highest BCUT2D eigenvalue weighted by atomic mass is 32.2. The van der Waals surface area contributed by atoms with Gasteiger partial charge in [-0.3, -0.25) is 19.2 Å². The van der Waals surface area contributed by atoms with Gasteiger partial charge in [0, 0.05) is 23.0 Å². The van der Waals surface area contributed by atoms with E-state index in [2.05, 4.69) is 0 Å². The Morgan fingerprint density at radius 1 is 0.517 bits per heavy atom. The van der Waals surface area contributed by atoms with Crippen LogP contribution in [0.2, 0.25) is 0 Å². The molecule has 12 heteroatoms. The number of aliphatic carboxylic acids is 4. The fourth-order valence-corrected chi connectivity index (χ4v) is 7.47. The van der Waals surface area contributed by atoms with Crippen LogP contribution in [0.4, 0.5) is 0 Å². The summed E-state index contributed by atoms with van der Waals surface area (Å²) >= 11 is 6.07. The molecule has 0 rings (SSSR count). The van der Waals surface area contributed by atoms with Gasteiger partial charge < -0.3 is 20.4 Å². The second kappa shape index (κ2) is 18.1. The second-order valence-electron chi connectivity index (χ2n) is 5.85. The molecule has 0 aromatic rings. The summed E-state index contributed by atoms with van der Waals surface area (Å²) in [6.45, 7) is 0. The molecule has 0 saturated carbocycles. The Kier molecular flexibility index (Phi) is 17.6. The molecule has 0 spiro atoms. The Balaban J connectivity index is 4.46. The van der Waals surface area contributed by atoms with Gasteiger partial charge in [0.25, 0.3) is 0 Å². The molecule has 0 unspecified atom stereocenters. The zero-order chi connectivity index (χ0) is 22.1. The largest absolute Gasteiger partial charge is 0.481 e. The van der Waals surface area contributed by atoms with Crippen LogP contribution >= 0.6 is 47.0 Å². The maximum Gasteiger partial charge on any atom is 0.304 e. The van der Waals surface area contributed by atoms with Crippen molar-refractivity contribution in [2.24, 2.45) is 0 Å². The molecular formula is C17H28O8S4. The Bertz CT molecular complexity index is 434. The van der Waals surface area contributed by atoms with Crippen molar-refractivity contribution in [3.63, 3.8) is 0 Å².